The first-order valence-corrected chi connectivity index (χ1v) is 16.0. The molecule has 0 amide bonds. The Bertz CT molecular complexity index is 736. The highest BCUT2D eigenvalue weighted by atomic mass is 28.4. The van der Waals surface area contributed by atoms with E-state index in [0.717, 1.165) is 56.1 Å². The maximum Gasteiger partial charge on any atom is 0.501 e. The summed E-state index contributed by atoms with van der Waals surface area (Å²) in [5, 5.41) is 0. The Kier molecular flexibility index (Phi) is 8.45. The van der Waals surface area contributed by atoms with Crippen LogP contribution in [0.2, 0.25) is 6.04 Å². The van der Waals surface area contributed by atoms with Crippen LogP contribution in [0.1, 0.15) is 92.4 Å². The molecule has 0 bridgehead atoms. The van der Waals surface area contributed by atoms with E-state index in [-0.39, 0.29) is 10.8 Å². The number of rotatable bonds is 11. The molecule has 4 aliphatic rings. The van der Waals surface area contributed by atoms with E-state index < -0.39 is 8.80 Å². The average molecular weight is 493 g/mol. The Morgan fingerprint density at radius 3 is 2.29 bits per heavy atom. The van der Waals surface area contributed by atoms with Crippen molar-refractivity contribution in [1.82, 2.24) is 0 Å². The molecule has 0 aromatic carbocycles. The first kappa shape index (κ1) is 26.5. The van der Waals surface area contributed by atoms with Crippen LogP contribution in [0.3, 0.4) is 0 Å². The van der Waals surface area contributed by atoms with Gasteiger partial charge in [0.15, 0.2) is 5.78 Å². The summed E-state index contributed by atoms with van der Waals surface area (Å²) in [5.74, 6) is 2.64. The van der Waals surface area contributed by atoms with Gasteiger partial charge in [-0.25, -0.2) is 0 Å². The van der Waals surface area contributed by atoms with E-state index in [4.69, 9.17) is 18.0 Å². The molecule has 0 aromatic heterocycles. The molecule has 0 saturated heterocycles. The van der Waals surface area contributed by atoms with Gasteiger partial charge in [0.1, 0.15) is 0 Å². The molecule has 6 heteroatoms. The molecule has 0 radical (unpaired) electrons. The van der Waals surface area contributed by atoms with Crippen LogP contribution in [0.15, 0.2) is 11.6 Å². The second kappa shape index (κ2) is 10.8. The summed E-state index contributed by atoms with van der Waals surface area (Å²) in [6.45, 7) is 13.7. The fraction of sp³-hybridized carbons (Fsp3) is 0.893. The van der Waals surface area contributed by atoms with Crippen LogP contribution in [0.25, 0.3) is 0 Å². The minimum atomic E-state index is -2.59. The Morgan fingerprint density at radius 1 is 0.912 bits per heavy atom. The number of allylic oxidation sites excluding steroid dienone is 1. The minimum absolute atomic E-state index is 0.253. The summed E-state index contributed by atoms with van der Waals surface area (Å²) in [6.07, 6.45) is 12.5. The van der Waals surface area contributed by atoms with Crippen molar-refractivity contribution < 1.29 is 22.8 Å². The van der Waals surface area contributed by atoms with Crippen molar-refractivity contribution in [3.8, 4) is 0 Å². The summed E-state index contributed by atoms with van der Waals surface area (Å²) in [5.41, 5.74) is 2.00. The second-order valence-corrected chi connectivity index (χ2v) is 14.3. The van der Waals surface area contributed by atoms with Crippen LogP contribution in [0.4, 0.5) is 0 Å². The summed E-state index contributed by atoms with van der Waals surface area (Å²) >= 11 is 0. The second-order valence-electron chi connectivity index (χ2n) is 11.5. The highest BCUT2D eigenvalue weighted by molar-refractivity contribution is 6.60. The van der Waals surface area contributed by atoms with E-state index in [0.29, 0.717) is 31.7 Å². The van der Waals surface area contributed by atoms with Gasteiger partial charge in [-0.05, 0) is 107 Å². The van der Waals surface area contributed by atoms with E-state index in [2.05, 4.69) is 13.8 Å². The Balaban J connectivity index is 1.36. The molecule has 4 rings (SSSR count). The molecule has 3 fully saturated rings. The number of carbonyl (C=O) groups is 1. The van der Waals surface area contributed by atoms with E-state index in [1.54, 1.807) is 0 Å². The summed E-state index contributed by atoms with van der Waals surface area (Å²) < 4.78 is 24.7. The van der Waals surface area contributed by atoms with Gasteiger partial charge in [-0.15, -0.1) is 0 Å². The first-order valence-electron chi connectivity index (χ1n) is 14.1. The van der Waals surface area contributed by atoms with E-state index in [9.17, 15) is 4.79 Å². The molecule has 0 aromatic rings. The Hall–Kier alpha value is -0.533. The van der Waals surface area contributed by atoms with E-state index in [1.165, 1.54) is 37.7 Å². The van der Waals surface area contributed by atoms with Crippen LogP contribution in [0, 0.1) is 28.6 Å². The van der Waals surface area contributed by atoms with Crippen molar-refractivity contribution in [2.24, 2.45) is 28.6 Å². The Labute approximate surface area is 208 Å². The zero-order chi connectivity index (χ0) is 24.4. The molecule has 4 aliphatic carbocycles. The summed E-state index contributed by atoms with van der Waals surface area (Å²) in [4.78, 5) is 12.1. The van der Waals surface area contributed by atoms with Crippen molar-refractivity contribution in [3.05, 3.63) is 11.6 Å². The maximum atomic E-state index is 12.1. The Morgan fingerprint density at radius 2 is 1.62 bits per heavy atom. The third-order valence-corrected chi connectivity index (χ3v) is 13.1. The minimum Gasteiger partial charge on any atom is -0.378 e. The lowest BCUT2D eigenvalue weighted by Gasteiger charge is -2.58. The quantitative estimate of drug-likeness (QED) is 0.249. The number of ether oxygens (including phenoxy) is 1. The summed E-state index contributed by atoms with van der Waals surface area (Å²) in [7, 11) is -2.59. The average Bonchev–Trinajstić information content (AvgIpc) is 3.14. The topological polar surface area (TPSA) is 54.0 Å². The van der Waals surface area contributed by atoms with Gasteiger partial charge < -0.3 is 18.0 Å². The molecular weight excluding hydrogens is 444 g/mol. The third-order valence-electron chi connectivity index (χ3n) is 9.91. The molecule has 0 N–H and O–H groups in total. The van der Waals surface area contributed by atoms with Crippen LogP contribution in [-0.4, -0.2) is 47.1 Å². The van der Waals surface area contributed by atoms with Crippen molar-refractivity contribution in [2.45, 2.75) is 105 Å². The molecule has 1 unspecified atom stereocenters. The largest absolute Gasteiger partial charge is 0.501 e. The number of carbonyl (C=O) groups excluding carboxylic acids is 1. The van der Waals surface area contributed by atoms with E-state index in [1.807, 2.05) is 26.8 Å². The molecule has 194 valence electrons. The van der Waals surface area contributed by atoms with Gasteiger partial charge in [0, 0.05) is 38.9 Å². The van der Waals surface area contributed by atoms with E-state index >= 15 is 0 Å². The fourth-order valence-electron chi connectivity index (χ4n) is 8.30. The molecular formula is C28H48O5Si. The van der Waals surface area contributed by atoms with Crippen molar-refractivity contribution in [2.75, 3.05) is 26.4 Å². The van der Waals surface area contributed by atoms with Crippen molar-refractivity contribution in [3.63, 3.8) is 0 Å². The SMILES string of the molecule is CCO[Si](CCCOC1CC[C@H]2[C@@H]3CCC4=CC(=O)CC[C@]4(C)[C@H]3CC[C@]12C)(OCC)OCC. The first-order chi connectivity index (χ1) is 16.3. The zero-order valence-corrected chi connectivity index (χ0v) is 23.3. The standard InChI is InChI=1S/C28H48O5Si/c1-6-31-34(32-7-2,33-8-3)19-9-18-30-26-13-12-24-23-11-10-21-20-22(29)14-16-27(21,4)25(23)15-17-28(24,26)5/h20,23-26H,6-19H2,1-5H3/t23-,24-,25-,26?,27-,28-/m0/s1. The number of ketones is 1. The molecule has 3 saturated carbocycles. The number of hydrogen-bond acceptors (Lipinski definition) is 5. The van der Waals surface area contributed by atoms with Crippen LogP contribution in [-0.2, 0) is 22.8 Å². The highest BCUT2D eigenvalue weighted by Crippen LogP contribution is 2.65. The smallest absolute Gasteiger partial charge is 0.378 e. The predicted octanol–water partition coefficient (Wildman–Crippen LogP) is 6.34. The van der Waals surface area contributed by atoms with Gasteiger partial charge in [-0.3, -0.25) is 4.79 Å². The maximum absolute atomic E-state index is 12.1. The van der Waals surface area contributed by atoms with Gasteiger partial charge in [-0.1, -0.05) is 19.4 Å². The lowest BCUT2D eigenvalue weighted by molar-refractivity contribution is -0.119. The number of hydrogen-bond donors (Lipinski definition) is 0. The van der Waals surface area contributed by atoms with Crippen molar-refractivity contribution in [1.29, 1.82) is 0 Å². The van der Waals surface area contributed by atoms with Crippen molar-refractivity contribution >= 4 is 14.6 Å². The van der Waals surface area contributed by atoms with Crippen LogP contribution in [0.5, 0.6) is 0 Å². The highest BCUT2D eigenvalue weighted by Gasteiger charge is 2.59. The monoisotopic (exact) mass is 492 g/mol. The molecule has 0 aliphatic heterocycles. The summed E-state index contributed by atoms with van der Waals surface area (Å²) in [6, 6.07) is 0.826. The van der Waals surface area contributed by atoms with Gasteiger partial charge in [0.05, 0.1) is 6.10 Å². The van der Waals surface area contributed by atoms with Gasteiger partial charge >= 0.3 is 8.80 Å². The third kappa shape index (κ3) is 4.87. The normalized spacial score (nSPS) is 37.7. The zero-order valence-electron chi connectivity index (χ0n) is 22.3. The van der Waals surface area contributed by atoms with Crippen LogP contribution >= 0.6 is 0 Å². The lowest BCUT2D eigenvalue weighted by atomic mass is 9.47. The van der Waals surface area contributed by atoms with Gasteiger partial charge in [-0.2, -0.15) is 0 Å². The molecule has 6 atom stereocenters. The lowest BCUT2D eigenvalue weighted by Crippen LogP contribution is -2.51. The number of fused-ring (bicyclic) bond motifs is 5. The fourth-order valence-corrected chi connectivity index (χ4v) is 10.9. The van der Waals surface area contributed by atoms with Gasteiger partial charge in [0.25, 0.3) is 0 Å². The molecule has 5 nitrogen and oxygen atoms in total. The molecule has 34 heavy (non-hydrogen) atoms. The van der Waals surface area contributed by atoms with Gasteiger partial charge in [0.2, 0.25) is 0 Å². The molecule has 0 heterocycles. The van der Waals surface area contributed by atoms with Crippen LogP contribution < -0.4 is 0 Å². The molecule has 0 spiro atoms. The predicted molar refractivity (Wildman–Crippen MR) is 137 cm³/mol.